The molecule has 0 unspecified atom stereocenters. The van der Waals surface area contributed by atoms with Crippen LogP contribution in [0.15, 0.2) is 42.5 Å². The van der Waals surface area contributed by atoms with Gasteiger partial charge in [-0.05, 0) is 36.2 Å². The third-order valence-electron chi connectivity index (χ3n) is 3.25. The van der Waals surface area contributed by atoms with Gasteiger partial charge in [0.1, 0.15) is 5.75 Å². The van der Waals surface area contributed by atoms with Crippen molar-refractivity contribution in [3.8, 4) is 5.75 Å². The van der Waals surface area contributed by atoms with Crippen LogP contribution in [-0.4, -0.2) is 36.9 Å². The van der Waals surface area contributed by atoms with Gasteiger partial charge in [0.05, 0.1) is 19.3 Å². The Kier molecular flexibility index (Phi) is 6.03. The van der Waals surface area contributed by atoms with Crippen molar-refractivity contribution in [2.45, 2.75) is 19.4 Å². The second-order valence-corrected chi connectivity index (χ2v) is 5.19. The molecule has 3 N–H and O–H groups in total. The number of nitrogens with one attached hydrogen (secondary N) is 2. The highest BCUT2D eigenvalue weighted by atomic mass is 16.5. The van der Waals surface area contributed by atoms with E-state index in [1.165, 1.54) is 5.39 Å². The van der Waals surface area contributed by atoms with Crippen LogP contribution in [0.25, 0.3) is 10.8 Å². The van der Waals surface area contributed by atoms with Gasteiger partial charge in [-0.1, -0.05) is 30.3 Å². The lowest BCUT2D eigenvalue weighted by atomic mass is 10.1. The monoisotopic (exact) mass is 302 g/mol. The van der Waals surface area contributed by atoms with E-state index in [1.807, 2.05) is 30.3 Å². The van der Waals surface area contributed by atoms with E-state index in [0.29, 0.717) is 19.6 Å². The van der Waals surface area contributed by atoms with Gasteiger partial charge in [0, 0.05) is 6.54 Å². The van der Waals surface area contributed by atoms with E-state index in [4.69, 9.17) is 9.84 Å². The summed E-state index contributed by atoms with van der Waals surface area (Å²) in [6.45, 7) is 2.73. The van der Waals surface area contributed by atoms with E-state index in [-0.39, 0.29) is 18.7 Å². The maximum atomic E-state index is 11.4. The molecule has 2 rings (SSSR count). The molecule has 0 aromatic heterocycles. The topological polar surface area (TPSA) is 70.6 Å². The first-order chi connectivity index (χ1) is 10.7. The van der Waals surface area contributed by atoms with Gasteiger partial charge in [-0.25, -0.2) is 4.79 Å². The maximum Gasteiger partial charge on any atom is 0.315 e. The first-order valence-electron chi connectivity index (χ1n) is 7.46. The van der Waals surface area contributed by atoms with E-state index in [2.05, 4.69) is 22.8 Å². The molecule has 5 heteroatoms. The Morgan fingerprint density at radius 2 is 2.00 bits per heavy atom. The van der Waals surface area contributed by atoms with Gasteiger partial charge in [-0.2, -0.15) is 0 Å². The summed E-state index contributed by atoms with van der Waals surface area (Å²) in [6, 6.07) is 13.6. The number of aliphatic hydroxyl groups is 1. The number of hydrogen-bond donors (Lipinski definition) is 3. The van der Waals surface area contributed by atoms with Gasteiger partial charge in [0.2, 0.25) is 0 Å². The third kappa shape index (κ3) is 4.93. The molecular weight excluding hydrogens is 280 g/mol. The van der Waals surface area contributed by atoms with Crippen molar-refractivity contribution in [3.63, 3.8) is 0 Å². The van der Waals surface area contributed by atoms with Crippen LogP contribution in [-0.2, 0) is 0 Å². The molecule has 0 saturated heterocycles. The Morgan fingerprint density at radius 3 is 2.77 bits per heavy atom. The van der Waals surface area contributed by atoms with Crippen LogP contribution in [0.3, 0.4) is 0 Å². The Labute approximate surface area is 130 Å². The molecule has 0 aliphatic carbocycles. The summed E-state index contributed by atoms with van der Waals surface area (Å²) in [5.41, 5.74) is 0. The van der Waals surface area contributed by atoms with Crippen molar-refractivity contribution in [2.75, 3.05) is 19.8 Å². The Bertz CT molecular complexity index is 616. The van der Waals surface area contributed by atoms with E-state index < -0.39 is 0 Å². The quantitative estimate of drug-likeness (QED) is 0.687. The lowest BCUT2D eigenvalue weighted by molar-refractivity contribution is 0.219. The summed E-state index contributed by atoms with van der Waals surface area (Å²) in [7, 11) is 0. The zero-order chi connectivity index (χ0) is 15.8. The van der Waals surface area contributed by atoms with Crippen molar-refractivity contribution >= 4 is 16.8 Å². The summed E-state index contributed by atoms with van der Waals surface area (Å²) in [6.07, 6.45) is 0.716. The SMILES string of the molecule is C[C@@H](CO)NC(=O)NCCCOc1ccc2ccccc2c1. The minimum Gasteiger partial charge on any atom is -0.494 e. The molecule has 22 heavy (non-hydrogen) atoms. The molecular formula is C17H22N2O3. The highest BCUT2D eigenvalue weighted by Gasteiger charge is 2.04. The summed E-state index contributed by atoms with van der Waals surface area (Å²) >= 11 is 0. The van der Waals surface area contributed by atoms with E-state index in [1.54, 1.807) is 6.92 Å². The van der Waals surface area contributed by atoms with Gasteiger partial charge in [0.15, 0.2) is 0 Å². The Balaban J connectivity index is 1.68. The van der Waals surface area contributed by atoms with Crippen LogP contribution in [0.4, 0.5) is 4.79 Å². The van der Waals surface area contributed by atoms with Crippen LogP contribution in [0.5, 0.6) is 5.75 Å². The van der Waals surface area contributed by atoms with Gasteiger partial charge < -0.3 is 20.5 Å². The number of benzene rings is 2. The minimum absolute atomic E-state index is 0.0709. The second-order valence-electron chi connectivity index (χ2n) is 5.19. The van der Waals surface area contributed by atoms with Crippen molar-refractivity contribution in [3.05, 3.63) is 42.5 Å². The van der Waals surface area contributed by atoms with Crippen LogP contribution in [0.2, 0.25) is 0 Å². The molecule has 118 valence electrons. The van der Waals surface area contributed by atoms with Crippen molar-refractivity contribution in [1.82, 2.24) is 10.6 Å². The molecule has 2 amide bonds. The third-order valence-corrected chi connectivity index (χ3v) is 3.25. The molecule has 5 nitrogen and oxygen atoms in total. The van der Waals surface area contributed by atoms with Crippen LogP contribution in [0, 0.1) is 0 Å². The molecule has 2 aromatic rings. The molecule has 0 bridgehead atoms. The first kappa shape index (κ1) is 16.1. The number of carbonyl (C=O) groups is 1. The maximum absolute atomic E-state index is 11.4. The molecule has 0 radical (unpaired) electrons. The zero-order valence-corrected chi connectivity index (χ0v) is 12.7. The molecule has 0 heterocycles. The van der Waals surface area contributed by atoms with Gasteiger partial charge in [-0.15, -0.1) is 0 Å². The fourth-order valence-electron chi connectivity index (χ4n) is 2.04. The molecule has 0 aliphatic heterocycles. The van der Waals surface area contributed by atoms with Crippen molar-refractivity contribution in [2.24, 2.45) is 0 Å². The second kappa shape index (κ2) is 8.24. The van der Waals surface area contributed by atoms with E-state index in [0.717, 1.165) is 11.1 Å². The number of ether oxygens (including phenoxy) is 1. The number of fused-ring (bicyclic) bond motifs is 1. The van der Waals surface area contributed by atoms with Gasteiger partial charge in [0.25, 0.3) is 0 Å². The minimum atomic E-state index is -0.271. The predicted molar refractivity (Wildman–Crippen MR) is 87.1 cm³/mol. The molecule has 0 aliphatic rings. The smallest absolute Gasteiger partial charge is 0.315 e. The normalized spacial score (nSPS) is 11.9. The number of aliphatic hydroxyl groups excluding tert-OH is 1. The standard InChI is InChI=1S/C17H22N2O3/c1-13(12-20)19-17(21)18-9-4-10-22-16-8-7-14-5-2-3-6-15(14)11-16/h2-3,5-8,11,13,20H,4,9-10,12H2,1H3,(H2,18,19,21)/t13-/m0/s1. The van der Waals surface area contributed by atoms with E-state index >= 15 is 0 Å². The highest BCUT2D eigenvalue weighted by Crippen LogP contribution is 2.20. The van der Waals surface area contributed by atoms with Crippen molar-refractivity contribution < 1.29 is 14.6 Å². The van der Waals surface area contributed by atoms with Crippen LogP contribution in [0.1, 0.15) is 13.3 Å². The van der Waals surface area contributed by atoms with E-state index in [9.17, 15) is 4.79 Å². The molecule has 0 saturated carbocycles. The molecule has 2 aromatic carbocycles. The zero-order valence-electron chi connectivity index (χ0n) is 12.7. The van der Waals surface area contributed by atoms with Crippen molar-refractivity contribution in [1.29, 1.82) is 0 Å². The first-order valence-corrected chi connectivity index (χ1v) is 7.46. The molecule has 0 fully saturated rings. The summed E-state index contributed by atoms with van der Waals surface area (Å²) in [5.74, 6) is 0.831. The predicted octanol–water partition coefficient (Wildman–Crippen LogP) is 2.29. The largest absolute Gasteiger partial charge is 0.494 e. The highest BCUT2D eigenvalue weighted by molar-refractivity contribution is 5.83. The number of hydrogen-bond acceptors (Lipinski definition) is 3. The number of urea groups is 1. The molecule has 1 atom stereocenters. The number of amides is 2. The lowest BCUT2D eigenvalue weighted by Gasteiger charge is -2.12. The number of rotatable bonds is 7. The fourth-order valence-corrected chi connectivity index (χ4v) is 2.04. The Morgan fingerprint density at radius 1 is 1.23 bits per heavy atom. The lowest BCUT2D eigenvalue weighted by Crippen LogP contribution is -2.42. The summed E-state index contributed by atoms with van der Waals surface area (Å²) < 4.78 is 5.69. The average molecular weight is 302 g/mol. The summed E-state index contributed by atoms with van der Waals surface area (Å²) in [5, 5.41) is 16.5. The fraction of sp³-hybridized carbons (Fsp3) is 0.353. The number of carbonyl (C=O) groups excluding carboxylic acids is 1. The Hall–Kier alpha value is -2.27. The van der Waals surface area contributed by atoms with Gasteiger partial charge >= 0.3 is 6.03 Å². The van der Waals surface area contributed by atoms with Gasteiger partial charge in [-0.3, -0.25) is 0 Å². The average Bonchev–Trinajstić information content (AvgIpc) is 2.54. The van der Waals surface area contributed by atoms with Crippen LogP contribution >= 0.6 is 0 Å². The van der Waals surface area contributed by atoms with Crippen LogP contribution < -0.4 is 15.4 Å². The summed E-state index contributed by atoms with van der Waals surface area (Å²) in [4.78, 5) is 11.4. The molecule has 0 spiro atoms.